The molecule has 1 aromatic heterocycles. The number of hydrogen-bond acceptors (Lipinski definition) is 6. The molecule has 3 aromatic rings. The van der Waals surface area contributed by atoms with Gasteiger partial charge in [0.1, 0.15) is 16.3 Å². The zero-order valence-electron chi connectivity index (χ0n) is 15.8. The van der Waals surface area contributed by atoms with Gasteiger partial charge in [-0.05, 0) is 36.8 Å². The van der Waals surface area contributed by atoms with Gasteiger partial charge in [0.15, 0.2) is 0 Å². The number of anilines is 1. The van der Waals surface area contributed by atoms with Crippen LogP contribution in [-0.2, 0) is 4.74 Å². The number of imide groups is 1. The maximum absolute atomic E-state index is 12.9. The van der Waals surface area contributed by atoms with Gasteiger partial charge in [-0.25, -0.2) is 9.69 Å². The molecule has 6 nitrogen and oxygen atoms in total. The van der Waals surface area contributed by atoms with Gasteiger partial charge in [0, 0.05) is 10.9 Å². The van der Waals surface area contributed by atoms with Crippen LogP contribution in [0.2, 0.25) is 0 Å². The van der Waals surface area contributed by atoms with E-state index in [-0.39, 0.29) is 17.2 Å². The molecule has 0 saturated carbocycles. The Labute approximate surface area is 171 Å². The van der Waals surface area contributed by atoms with Crippen LogP contribution in [0.25, 0.3) is 11.1 Å². The van der Waals surface area contributed by atoms with E-state index in [2.05, 4.69) is 0 Å². The summed E-state index contributed by atoms with van der Waals surface area (Å²) in [5.74, 6) is -0.785. The Morgan fingerprint density at radius 2 is 1.59 bits per heavy atom. The number of methoxy groups -OCH3 is 1. The highest BCUT2D eigenvalue weighted by atomic mass is 32.1. The Bertz CT molecular complexity index is 1080. The van der Waals surface area contributed by atoms with E-state index in [1.165, 1.54) is 0 Å². The molecule has 146 valence electrons. The predicted octanol–water partition coefficient (Wildman–Crippen LogP) is 4.40. The van der Waals surface area contributed by atoms with Crippen LogP contribution in [0.1, 0.15) is 38.0 Å². The minimum absolute atomic E-state index is 0.179. The molecule has 1 aliphatic heterocycles. The molecular weight excluding hydrogens is 390 g/mol. The van der Waals surface area contributed by atoms with E-state index in [0.717, 1.165) is 21.8 Å². The molecule has 2 amide bonds. The lowest BCUT2D eigenvalue weighted by molar-refractivity contribution is 0.0529. The van der Waals surface area contributed by atoms with Crippen molar-refractivity contribution in [3.8, 4) is 16.9 Å². The van der Waals surface area contributed by atoms with Crippen LogP contribution in [0.3, 0.4) is 0 Å². The third kappa shape index (κ3) is 3.09. The van der Waals surface area contributed by atoms with Crippen molar-refractivity contribution < 1.29 is 23.9 Å². The number of rotatable bonds is 5. The lowest BCUT2D eigenvalue weighted by Crippen LogP contribution is -2.30. The van der Waals surface area contributed by atoms with Crippen molar-refractivity contribution in [1.82, 2.24) is 0 Å². The summed E-state index contributed by atoms with van der Waals surface area (Å²) in [4.78, 5) is 39.7. The zero-order chi connectivity index (χ0) is 20.5. The fourth-order valence-electron chi connectivity index (χ4n) is 3.27. The highest BCUT2D eigenvalue weighted by Crippen LogP contribution is 2.41. The van der Waals surface area contributed by atoms with Crippen molar-refractivity contribution in [2.75, 3.05) is 18.6 Å². The minimum atomic E-state index is -0.578. The predicted molar refractivity (Wildman–Crippen MR) is 110 cm³/mol. The molecule has 0 spiro atoms. The Hall–Kier alpha value is -3.45. The normalized spacial score (nSPS) is 12.8. The second-order valence-corrected chi connectivity index (χ2v) is 7.13. The van der Waals surface area contributed by atoms with Gasteiger partial charge < -0.3 is 9.47 Å². The highest BCUT2D eigenvalue weighted by molar-refractivity contribution is 7.15. The van der Waals surface area contributed by atoms with Gasteiger partial charge in [-0.1, -0.05) is 24.3 Å². The molecule has 0 N–H and O–H groups in total. The summed E-state index contributed by atoms with van der Waals surface area (Å²) in [5, 5.41) is 2.02. The minimum Gasteiger partial charge on any atom is -0.497 e. The first-order valence-corrected chi connectivity index (χ1v) is 9.85. The van der Waals surface area contributed by atoms with Crippen LogP contribution < -0.4 is 9.64 Å². The molecule has 0 unspecified atom stereocenters. The first kappa shape index (κ1) is 18.9. The maximum Gasteiger partial charge on any atom is 0.341 e. The molecule has 0 fully saturated rings. The summed E-state index contributed by atoms with van der Waals surface area (Å²) in [6.45, 7) is 1.89. The van der Waals surface area contributed by atoms with Gasteiger partial charge >= 0.3 is 5.97 Å². The Morgan fingerprint density at radius 1 is 0.966 bits per heavy atom. The number of fused-ring (bicyclic) bond motifs is 1. The third-order valence-electron chi connectivity index (χ3n) is 4.65. The van der Waals surface area contributed by atoms with Gasteiger partial charge in [-0.2, -0.15) is 0 Å². The Balaban J connectivity index is 1.84. The number of amides is 2. The molecule has 0 bridgehead atoms. The maximum atomic E-state index is 12.9. The average Bonchev–Trinajstić information content (AvgIpc) is 3.28. The van der Waals surface area contributed by atoms with Crippen LogP contribution in [0.5, 0.6) is 5.75 Å². The Morgan fingerprint density at radius 3 is 2.14 bits per heavy atom. The number of ether oxygens (including phenoxy) is 2. The summed E-state index contributed by atoms with van der Waals surface area (Å²) < 4.78 is 10.4. The summed E-state index contributed by atoms with van der Waals surface area (Å²) in [6.07, 6.45) is 0. The largest absolute Gasteiger partial charge is 0.497 e. The average molecular weight is 407 g/mol. The second kappa shape index (κ2) is 7.52. The van der Waals surface area contributed by atoms with Crippen LogP contribution in [-0.4, -0.2) is 31.5 Å². The summed E-state index contributed by atoms with van der Waals surface area (Å²) in [5.41, 5.74) is 2.21. The van der Waals surface area contributed by atoms with Crippen molar-refractivity contribution in [3.63, 3.8) is 0 Å². The number of thiophene rings is 1. The highest BCUT2D eigenvalue weighted by Gasteiger charge is 2.40. The van der Waals surface area contributed by atoms with Crippen LogP contribution in [0.15, 0.2) is 53.9 Å². The van der Waals surface area contributed by atoms with E-state index in [1.807, 2.05) is 12.1 Å². The molecule has 1 aliphatic rings. The first-order chi connectivity index (χ1) is 14.1. The number of carbonyl (C=O) groups is 3. The van der Waals surface area contributed by atoms with E-state index >= 15 is 0 Å². The number of benzene rings is 2. The topological polar surface area (TPSA) is 72.9 Å². The van der Waals surface area contributed by atoms with Crippen molar-refractivity contribution in [2.45, 2.75) is 6.92 Å². The van der Waals surface area contributed by atoms with Gasteiger partial charge in [-0.3, -0.25) is 9.59 Å². The molecule has 2 aromatic carbocycles. The molecule has 7 heteroatoms. The number of nitrogens with zero attached hydrogens (tertiary/aromatic N) is 1. The lowest BCUT2D eigenvalue weighted by atomic mass is 10.0. The van der Waals surface area contributed by atoms with Crippen molar-refractivity contribution >= 4 is 34.1 Å². The van der Waals surface area contributed by atoms with E-state index in [4.69, 9.17) is 9.47 Å². The van der Waals surface area contributed by atoms with Crippen molar-refractivity contribution in [1.29, 1.82) is 0 Å². The van der Waals surface area contributed by atoms with Crippen molar-refractivity contribution in [3.05, 3.63) is 70.6 Å². The quantitative estimate of drug-likeness (QED) is 0.463. The van der Waals surface area contributed by atoms with Crippen molar-refractivity contribution in [2.24, 2.45) is 0 Å². The molecule has 29 heavy (non-hydrogen) atoms. The standard InChI is InChI=1S/C22H17NO5S/c1-3-28-22(26)18-17(13-8-10-14(27-2)11-9-13)12-29-21(18)23-19(24)15-6-4-5-7-16(15)20(23)25/h4-12H,3H2,1-2H3. The van der Waals surface area contributed by atoms with Crippen LogP contribution in [0, 0.1) is 0 Å². The van der Waals surface area contributed by atoms with E-state index in [0.29, 0.717) is 22.4 Å². The van der Waals surface area contributed by atoms with Gasteiger partial charge in [0.25, 0.3) is 11.8 Å². The van der Waals surface area contributed by atoms with Crippen LogP contribution >= 0.6 is 11.3 Å². The summed E-state index contributed by atoms with van der Waals surface area (Å²) >= 11 is 1.16. The zero-order valence-corrected chi connectivity index (χ0v) is 16.6. The molecule has 0 radical (unpaired) electrons. The molecule has 0 aliphatic carbocycles. The van der Waals surface area contributed by atoms with Crippen LogP contribution in [0.4, 0.5) is 5.00 Å². The fourth-order valence-corrected chi connectivity index (χ4v) is 4.34. The van der Waals surface area contributed by atoms with Gasteiger partial charge in [0.05, 0.1) is 24.8 Å². The van der Waals surface area contributed by atoms with Gasteiger partial charge in [-0.15, -0.1) is 11.3 Å². The molecular formula is C22H17NO5S. The smallest absolute Gasteiger partial charge is 0.341 e. The number of hydrogen-bond donors (Lipinski definition) is 0. The summed E-state index contributed by atoms with van der Waals surface area (Å²) in [6, 6.07) is 13.8. The van der Waals surface area contributed by atoms with E-state index < -0.39 is 17.8 Å². The molecule has 4 rings (SSSR count). The Kier molecular flexibility index (Phi) is 4.90. The molecule has 0 atom stereocenters. The van der Waals surface area contributed by atoms with E-state index in [9.17, 15) is 14.4 Å². The fraction of sp³-hybridized carbons (Fsp3) is 0.136. The monoisotopic (exact) mass is 407 g/mol. The second-order valence-electron chi connectivity index (χ2n) is 6.27. The van der Waals surface area contributed by atoms with Gasteiger partial charge in [0.2, 0.25) is 0 Å². The molecule has 0 saturated heterocycles. The SMILES string of the molecule is CCOC(=O)c1c(-c2ccc(OC)cc2)csc1N1C(=O)c2ccccc2C1=O. The number of carbonyl (C=O) groups excluding carboxylic acids is 3. The molecule has 2 heterocycles. The van der Waals surface area contributed by atoms with E-state index in [1.54, 1.807) is 55.8 Å². The lowest BCUT2D eigenvalue weighted by Gasteiger charge is -2.15. The first-order valence-electron chi connectivity index (χ1n) is 8.97. The summed E-state index contributed by atoms with van der Waals surface area (Å²) in [7, 11) is 1.57. The number of esters is 1. The third-order valence-corrected chi connectivity index (χ3v) is 5.61.